The van der Waals surface area contributed by atoms with Crippen molar-refractivity contribution in [3.8, 4) is 11.1 Å². The standard InChI is InChI=1S/C29H31F6N5O2/c1-3-17-6-4-5-7-24(17)39-26-20(8-19(12-36-26)21-13-37-38-14-21)15-40-16(2)25(42-27(40)41)18-9-22(28(30,31)32)11-23(10-18)29(33,34)35/h8-14,16-17,24-25H,3-7,15H2,1-2H3,(H,36,39)(H,37,38)/t16-,17?,24?,25-/m0/s1. The van der Waals surface area contributed by atoms with Crippen molar-refractivity contribution in [2.45, 2.75) is 83.0 Å². The maximum atomic E-state index is 13.5. The third-order valence-electron chi connectivity index (χ3n) is 8.23. The van der Waals surface area contributed by atoms with Crippen LogP contribution in [0, 0.1) is 5.92 Å². The summed E-state index contributed by atoms with van der Waals surface area (Å²) in [5.41, 5.74) is -1.18. The first-order valence-electron chi connectivity index (χ1n) is 13.9. The Morgan fingerprint density at radius 1 is 1.00 bits per heavy atom. The molecule has 2 N–H and O–H groups in total. The van der Waals surface area contributed by atoms with Crippen LogP contribution in [0.2, 0.25) is 0 Å². The van der Waals surface area contributed by atoms with Crippen LogP contribution in [0.5, 0.6) is 0 Å². The van der Waals surface area contributed by atoms with Gasteiger partial charge in [-0.2, -0.15) is 31.4 Å². The van der Waals surface area contributed by atoms with E-state index in [1.807, 2.05) is 6.07 Å². The highest BCUT2D eigenvalue weighted by Gasteiger charge is 2.43. The van der Waals surface area contributed by atoms with Crippen molar-refractivity contribution < 1.29 is 35.9 Å². The normalized spacial score (nSPS) is 23.2. The predicted octanol–water partition coefficient (Wildman–Crippen LogP) is 7.97. The minimum atomic E-state index is -5.02. The number of hydrogen-bond acceptors (Lipinski definition) is 5. The van der Waals surface area contributed by atoms with Gasteiger partial charge in [0.25, 0.3) is 0 Å². The number of nitrogens with zero attached hydrogens (tertiary/aromatic N) is 3. The Labute approximate surface area is 238 Å². The SMILES string of the molecule is CCC1CCCCC1Nc1ncc(-c2cn[nH]c2)cc1CN1C(=O)O[C@H](c2cc(C(F)(F)F)cc(C(F)(F)F)c2)[C@@H]1C. The monoisotopic (exact) mass is 595 g/mol. The molecule has 3 heterocycles. The van der Waals surface area contributed by atoms with Gasteiger partial charge in [0.1, 0.15) is 11.9 Å². The number of cyclic esters (lactones) is 1. The van der Waals surface area contributed by atoms with E-state index in [2.05, 4.69) is 27.4 Å². The average Bonchev–Trinajstić information content (AvgIpc) is 3.58. The van der Waals surface area contributed by atoms with E-state index in [1.54, 1.807) is 18.6 Å². The van der Waals surface area contributed by atoms with Crippen LogP contribution in [-0.2, 0) is 23.6 Å². The number of hydrogen-bond donors (Lipinski definition) is 2. The highest BCUT2D eigenvalue weighted by atomic mass is 19.4. The number of benzene rings is 1. The second-order valence-electron chi connectivity index (χ2n) is 10.9. The van der Waals surface area contributed by atoms with Gasteiger partial charge in [-0.1, -0.05) is 26.2 Å². The molecule has 1 aromatic carbocycles. The van der Waals surface area contributed by atoms with Gasteiger partial charge in [-0.05, 0) is 55.5 Å². The van der Waals surface area contributed by atoms with Crippen molar-refractivity contribution in [2.24, 2.45) is 5.92 Å². The number of carbonyl (C=O) groups excluding carboxylic acids is 1. The van der Waals surface area contributed by atoms with Crippen LogP contribution in [0.4, 0.5) is 37.0 Å². The Morgan fingerprint density at radius 2 is 1.69 bits per heavy atom. The molecule has 1 aliphatic carbocycles. The van der Waals surface area contributed by atoms with Crippen molar-refractivity contribution in [1.82, 2.24) is 20.1 Å². The van der Waals surface area contributed by atoms with Gasteiger partial charge >= 0.3 is 18.4 Å². The summed E-state index contributed by atoms with van der Waals surface area (Å²) >= 11 is 0. The van der Waals surface area contributed by atoms with Crippen LogP contribution >= 0.6 is 0 Å². The van der Waals surface area contributed by atoms with E-state index in [0.717, 1.165) is 43.2 Å². The van der Waals surface area contributed by atoms with Crippen molar-refractivity contribution >= 4 is 11.9 Å². The Morgan fingerprint density at radius 3 is 2.31 bits per heavy atom. The van der Waals surface area contributed by atoms with E-state index in [0.29, 0.717) is 29.4 Å². The Bertz CT molecular complexity index is 1380. The number of aromatic nitrogens is 3. The van der Waals surface area contributed by atoms with Crippen LogP contribution in [0.25, 0.3) is 11.1 Å². The van der Waals surface area contributed by atoms with Crippen LogP contribution in [-0.4, -0.2) is 38.3 Å². The predicted molar refractivity (Wildman–Crippen MR) is 142 cm³/mol. The number of pyridine rings is 1. The number of H-pyrrole nitrogens is 1. The molecular formula is C29H31F6N5O2. The number of nitrogens with one attached hydrogen (secondary N) is 2. The van der Waals surface area contributed by atoms with Gasteiger partial charge in [0, 0.05) is 35.1 Å². The molecule has 2 aromatic heterocycles. The number of carbonyl (C=O) groups is 1. The van der Waals surface area contributed by atoms with Crippen molar-refractivity contribution in [3.63, 3.8) is 0 Å². The molecule has 4 atom stereocenters. The molecule has 2 fully saturated rings. The fourth-order valence-corrected chi connectivity index (χ4v) is 5.88. The number of halogens is 6. The van der Waals surface area contributed by atoms with Gasteiger partial charge in [-0.25, -0.2) is 9.78 Å². The summed E-state index contributed by atoms with van der Waals surface area (Å²) in [7, 11) is 0. The summed E-state index contributed by atoms with van der Waals surface area (Å²) in [5.74, 6) is 1.01. The zero-order valence-corrected chi connectivity index (χ0v) is 23.0. The molecule has 0 radical (unpaired) electrons. The smallest absolute Gasteiger partial charge is 0.416 e. The first-order valence-corrected chi connectivity index (χ1v) is 13.9. The van der Waals surface area contributed by atoms with Crippen LogP contribution < -0.4 is 5.32 Å². The number of rotatable bonds is 7. The maximum Gasteiger partial charge on any atom is 0.416 e. The minimum Gasteiger partial charge on any atom is -0.439 e. The van der Waals surface area contributed by atoms with Gasteiger partial charge < -0.3 is 10.1 Å². The van der Waals surface area contributed by atoms with E-state index >= 15 is 0 Å². The fraction of sp³-hybridized carbons (Fsp3) is 0.483. The summed E-state index contributed by atoms with van der Waals surface area (Å²) in [4.78, 5) is 19.0. The number of anilines is 1. The first-order chi connectivity index (χ1) is 19.8. The molecule has 7 nitrogen and oxygen atoms in total. The average molecular weight is 596 g/mol. The summed E-state index contributed by atoms with van der Waals surface area (Å²) in [6.07, 6.45) is -1.95. The number of amides is 1. The first kappa shape index (κ1) is 29.7. The highest BCUT2D eigenvalue weighted by molar-refractivity contribution is 5.72. The van der Waals surface area contributed by atoms with Crippen LogP contribution in [0.3, 0.4) is 0 Å². The largest absolute Gasteiger partial charge is 0.439 e. The van der Waals surface area contributed by atoms with Crippen molar-refractivity contribution in [1.29, 1.82) is 0 Å². The third-order valence-corrected chi connectivity index (χ3v) is 8.23. The lowest BCUT2D eigenvalue weighted by atomic mass is 9.83. The van der Waals surface area contributed by atoms with E-state index in [1.165, 1.54) is 11.8 Å². The molecule has 42 heavy (non-hydrogen) atoms. The van der Waals surface area contributed by atoms with E-state index in [9.17, 15) is 31.1 Å². The molecule has 0 bridgehead atoms. The van der Waals surface area contributed by atoms with Gasteiger partial charge in [0.05, 0.1) is 29.9 Å². The molecular weight excluding hydrogens is 564 g/mol. The second kappa shape index (κ2) is 11.5. The molecule has 1 saturated carbocycles. The lowest BCUT2D eigenvalue weighted by Crippen LogP contribution is -2.34. The molecule has 2 unspecified atom stereocenters. The summed E-state index contributed by atoms with van der Waals surface area (Å²) in [6, 6.07) is 2.43. The minimum absolute atomic E-state index is 0.0217. The van der Waals surface area contributed by atoms with Crippen molar-refractivity contribution in [2.75, 3.05) is 5.32 Å². The van der Waals surface area contributed by atoms with E-state index in [4.69, 9.17) is 4.74 Å². The number of aromatic amines is 1. The van der Waals surface area contributed by atoms with Crippen LogP contribution in [0.1, 0.15) is 74.3 Å². The summed E-state index contributed by atoms with van der Waals surface area (Å²) < 4.78 is 86.4. The Hall–Kier alpha value is -3.77. The zero-order chi connectivity index (χ0) is 30.2. The number of alkyl halides is 6. The molecule has 5 rings (SSSR count). The van der Waals surface area contributed by atoms with Gasteiger partial charge in [-0.3, -0.25) is 10.00 Å². The second-order valence-corrected chi connectivity index (χ2v) is 10.9. The van der Waals surface area contributed by atoms with Gasteiger partial charge in [0.2, 0.25) is 0 Å². The van der Waals surface area contributed by atoms with E-state index < -0.39 is 41.7 Å². The zero-order valence-electron chi connectivity index (χ0n) is 23.0. The third kappa shape index (κ3) is 6.19. The Balaban J connectivity index is 1.47. The van der Waals surface area contributed by atoms with Crippen molar-refractivity contribution in [3.05, 3.63) is 65.1 Å². The molecule has 1 amide bonds. The maximum absolute atomic E-state index is 13.5. The lowest BCUT2D eigenvalue weighted by molar-refractivity contribution is -0.143. The Kier molecular flexibility index (Phi) is 8.13. The summed E-state index contributed by atoms with van der Waals surface area (Å²) in [5, 5.41) is 10.3. The molecule has 3 aromatic rings. The molecule has 226 valence electrons. The summed E-state index contributed by atoms with van der Waals surface area (Å²) in [6.45, 7) is 3.66. The number of ether oxygens (including phenoxy) is 1. The molecule has 0 spiro atoms. The fourth-order valence-electron chi connectivity index (χ4n) is 5.88. The molecule has 2 aliphatic rings. The van der Waals surface area contributed by atoms with Crippen LogP contribution in [0.15, 0.2) is 42.9 Å². The van der Waals surface area contributed by atoms with Gasteiger partial charge in [-0.15, -0.1) is 0 Å². The highest BCUT2D eigenvalue weighted by Crippen LogP contribution is 2.41. The molecule has 1 aliphatic heterocycles. The van der Waals surface area contributed by atoms with E-state index in [-0.39, 0.29) is 24.2 Å². The van der Waals surface area contributed by atoms with Gasteiger partial charge in [0.15, 0.2) is 0 Å². The molecule has 1 saturated heterocycles. The lowest BCUT2D eigenvalue weighted by Gasteiger charge is -2.33. The molecule has 13 heteroatoms. The quantitative estimate of drug-likeness (QED) is 0.271. The topological polar surface area (TPSA) is 83.1 Å².